The second-order valence-electron chi connectivity index (χ2n) is 8.70. The molecule has 2 amide bonds. The first-order valence-corrected chi connectivity index (χ1v) is 11.4. The number of esters is 2. The standard InChI is InChI=1S/C26H28N2O6/c1-33-24(31)20-10-6-18(7-11-20)16-27-22(29)23(30)28(26(27)14-4-3-5-15-26)17-19-8-12-21(13-9-19)25(32)34-2/h6-13H,3-5,14-17H2,1-2H3. The number of carbonyl (C=O) groups is 4. The summed E-state index contributed by atoms with van der Waals surface area (Å²) in [5, 5.41) is 0. The van der Waals surface area contributed by atoms with Crippen molar-refractivity contribution in [1.82, 2.24) is 9.80 Å². The highest BCUT2D eigenvalue weighted by Crippen LogP contribution is 2.43. The number of rotatable bonds is 6. The minimum Gasteiger partial charge on any atom is -0.465 e. The number of hydrogen-bond donors (Lipinski definition) is 0. The summed E-state index contributed by atoms with van der Waals surface area (Å²) in [6, 6.07) is 13.8. The van der Waals surface area contributed by atoms with E-state index in [1.165, 1.54) is 14.2 Å². The molecule has 2 aliphatic rings. The van der Waals surface area contributed by atoms with E-state index in [1.54, 1.807) is 58.3 Å². The van der Waals surface area contributed by atoms with Gasteiger partial charge in [-0.25, -0.2) is 9.59 Å². The van der Waals surface area contributed by atoms with E-state index in [1.807, 2.05) is 0 Å². The molecular weight excluding hydrogens is 436 g/mol. The maximum absolute atomic E-state index is 13.2. The van der Waals surface area contributed by atoms with Gasteiger partial charge in [-0.15, -0.1) is 0 Å². The van der Waals surface area contributed by atoms with Crippen molar-refractivity contribution in [3.8, 4) is 0 Å². The van der Waals surface area contributed by atoms with E-state index in [0.717, 1.165) is 30.4 Å². The zero-order valence-electron chi connectivity index (χ0n) is 19.4. The van der Waals surface area contributed by atoms with Gasteiger partial charge >= 0.3 is 23.8 Å². The van der Waals surface area contributed by atoms with Gasteiger partial charge in [-0.2, -0.15) is 0 Å². The lowest BCUT2D eigenvalue weighted by molar-refractivity contribution is -0.143. The second-order valence-corrected chi connectivity index (χ2v) is 8.70. The fourth-order valence-corrected chi connectivity index (χ4v) is 4.94. The van der Waals surface area contributed by atoms with E-state index in [9.17, 15) is 19.2 Å². The van der Waals surface area contributed by atoms with Crippen molar-refractivity contribution in [3.05, 3.63) is 70.8 Å². The van der Waals surface area contributed by atoms with Crippen LogP contribution in [0.2, 0.25) is 0 Å². The predicted molar refractivity (Wildman–Crippen MR) is 122 cm³/mol. The Morgan fingerprint density at radius 1 is 0.706 bits per heavy atom. The van der Waals surface area contributed by atoms with Gasteiger partial charge < -0.3 is 19.3 Å². The minimum atomic E-state index is -0.686. The normalized spacial score (nSPS) is 17.2. The van der Waals surface area contributed by atoms with Crippen molar-refractivity contribution in [1.29, 1.82) is 0 Å². The number of carbonyl (C=O) groups excluding carboxylic acids is 4. The average Bonchev–Trinajstić information content (AvgIpc) is 3.05. The van der Waals surface area contributed by atoms with Crippen LogP contribution < -0.4 is 0 Å². The summed E-state index contributed by atoms with van der Waals surface area (Å²) in [5.74, 6) is -1.87. The molecule has 2 aromatic rings. The van der Waals surface area contributed by atoms with Crippen LogP contribution in [-0.4, -0.2) is 53.4 Å². The highest BCUT2D eigenvalue weighted by molar-refractivity contribution is 6.37. The Morgan fingerprint density at radius 2 is 1.09 bits per heavy atom. The van der Waals surface area contributed by atoms with Crippen LogP contribution in [0.3, 0.4) is 0 Å². The molecule has 0 atom stereocenters. The van der Waals surface area contributed by atoms with E-state index in [-0.39, 0.29) is 13.1 Å². The highest BCUT2D eigenvalue weighted by Gasteiger charge is 2.56. The first kappa shape index (κ1) is 23.5. The Hall–Kier alpha value is -3.68. The molecule has 8 heteroatoms. The van der Waals surface area contributed by atoms with Crippen molar-refractivity contribution < 1.29 is 28.7 Å². The fourth-order valence-electron chi connectivity index (χ4n) is 4.94. The van der Waals surface area contributed by atoms with E-state index < -0.39 is 29.4 Å². The maximum atomic E-state index is 13.2. The van der Waals surface area contributed by atoms with Gasteiger partial charge in [0.05, 0.1) is 25.3 Å². The van der Waals surface area contributed by atoms with Crippen molar-refractivity contribution >= 4 is 23.8 Å². The van der Waals surface area contributed by atoms with E-state index in [2.05, 4.69) is 0 Å². The van der Waals surface area contributed by atoms with E-state index in [4.69, 9.17) is 9.47 Å². The molecule has 1 saturated heterocycles. The number of amides is 2. The molecule has 34 heavy (non-hydrogen) atoms. The lowest BCUT2D eigenvalue weighted by Gasteiger charge is -2.46. The molecular formula is C26H28N2O6. The van der Waals surface area contributed by atoms with Crippen LogP contribution in [0.15, 0.2) is 48.5 Å². The van der Waals surface area contributed by atoms with E-state index >= 15 is 0 Å². The molecule has 0 N–H and O–H groups in total. The van der Waals surface area contributed by atoms with Gasteiger partial charge in [-0.05, 0) is 61.1 Å². The van der Waals surface area contributed by atoms with Crippen LogP contribution in [0.25, 0.3) is 0 Å². The number of ether oxygens (including phenoxy) is 2. The zero-order valence-corrected chi connectivity index (χ0v) is 19.4. The Kier molecular flexibility index (Phi) is 6.68. The third kappa shape index (κ3) is 4.27. The Bertz CT molecular complexity index is 1010. The van der Waals surface area contributed by atoms with Crippen molar-refractivity contribution in [2.75, 3.05) is 14.2 Å². The van der Waals surface area contributed by atoms with Crippen molar-refractivity contribution in [3.63, 3.8) is 0 Å². The minimum absolute atomic E-state index is 0.282. The molecule has 0 radical (unpaired) electrons. The fraction of sp³-hybridized carbons (Fsp3) is 0.385. The van der Waals surface area contributed by atoms with Gasteiger partial charge in [0.15, 0.2) is 0 Å². The van der Waals surface area contributed by atoms with Gasteiger partial charge in [0.2, 0.25) is 0 Å². The van der Waals surface area contributed by atoms with Crippen LogP contribution in [0.5, 0.6) is 0 Å². The number of benzene rings is 2. The number of nitrogens with zero attached hydrogens (tertiary/aromatic N) is 2. The summed E-state index contributed by atoms with van der Waals surface area (Å²) < 4.78 is 9.50. The van der Waals surface area contributed by atoms with Gasteiger partial charge in [-0.3, -0.25) is 9.59 Å². The summed E-state index contributed by atoms with van der Waals surface area (Å²) in [4.78, 5) is 53.2. The van der Waals surface area contributed by atoms with Crippen LogP contribution in [-0.2, 0) is 32.2 Å². The third-order valence-corrected chi connectivity index (χ3v) is 6.76. The number of hydrogen-bond acceptors (Lipinski definition) is 6. The third-order valence-electron chi connectivity index (χ3n) is 6.76. The monoisotopic (exact) mass is 464 g/mol. The predicted octanol–water partition coefficient (Wildman–Crippen LogP) is 3.29. The molecule has 1 saturated carbocycles. The molecule has 1 spiro atoms. The molecule has 0 aromatic heterocycles. The molecule has 4 rings (SSSR count). The maximum Gasteiger partial charge on any atom is 0.337 e. The lowest BCUT2D eigenvalue weighted by Crippen LogP contribution is -2.54. The average molecular weight is 465 g/mol. The van der Waals surface area contributed by atoms with Crippen LogP contribution in [0.1, 0.15) is 63.9 Å². The Morgan fingerprint density at radius 3 is 1.44 bits per heavy atom. The SMILES string of the molecule is COC(=O)c1ccc(CN2C(=O)C(=O)N(Cc3ccc(C(=O)OC)cc3)C23CCCCC3)cc1. The Balaban J connectivity index is 1.60. The van der Waals surface area contributed by atoms with Gasteiger partial charge in [0, 0.05) is 13.1 Å². The van der Waals surface area contributed by atoms with Crippen LogP contribution in [0.4, 0.5) is 0 Å². The quantitative estimate of drug-likeness (QED) is 0.481. The summed E-state index contributed by atoms with van der Waals surface area (Å²) in [6.45, 7) is 0.563. The molecule has 2 fully saturated rings. The van der Waals surface area contributed by atoms with Gasteiger partial charge in [0.1, 0.15) is 5.66 Å². The first-order valence-electron chi connectivity index (χ1n) is 11.4. The molecule has 8 nitrogen and oxygen atoms in total. The van der Waals surface area contributed by atoms with Crippen LogP contribution in [0, 0.1) is 0 Å². The van der Waals surface area contributed by atoms with Crippen LogP contribution >= 0.6 is 0 Å². The molecule has 178 valence electrons. The second kappa shape index (κ2) is 9.67. The summed E-state index contributed by atoms with van der Waals surface area (Å²) >= 11 is 0. The summed E-state index contributed by atoms with van der Waals surface area (Å²) in [7, 11) is 2.66. The molecule has 1 aliphatic carbocycles. The topological polar surface area (TPSA) is 93.2 Å². The molecule has 2 aromatic carbocycles. The molecule has 1 heterocycles. The highest BCUT2D eigenvalue weighted by atomic mass is 16.5. The molecule has 0 unspecified atom stereocenters. The van der Waals surface area contributed by atoms with Gasteiger partial charge in [-0.1, -0.05) is 30.7 Å². The first-order chi connectivity index (χ1) is 16.4. The van der Waals surface area contributed by atoms with Crippen molar-refractivity contribution in [2.24, 2.45) is 0 Å². The van der Waals surface area contributed by atoms with Crippen molar-refractivity contribution in [2.45, 2.75) is 50.9 Å². The van der Waals surface area contributed by atoms with Gasteiger partial charge in [0.25, 0.3) is 0 Å². The molecule has 1 aliphatic heterocycles. The Labute approximate surface area is 198 Å². The smallest absolute Gasteiger partial charge is 0.337 e. The van der Waals surface area contributed by atoms with E-state index in [0.29, 0.717) is 24.0 Å². The lowest BCUT2D eigenvalue weighted by atomic mass is 9.86. The largest absolute Gasteiger partial charge is 0.465 e. The number of methoxy groups -OCH3 is 2. The summed E-state index contributed by atoms with van der Waals surface area (Å²) in [5.41, 5.74) is 1.85. The zero-order chi connectivity index (χ0) is 24.3. The molecule has 0 bridgehead atoms. The summed E-state index contributed by atoms with van der Waals surface area (Å²) in [6.07, 6.45) is 4.34.